The first-order valence-electron chi connectivity index (χ1n) is 8.95. The lowest BCUT2D eigenvalue weighted by atomic mass is 10.2. The Kier molecular flexibility index (Phi) is 5.78. The van der Waals surface area contributed by atoms with Crippen LogP contribution in [0.25, 0.3) is 0 Å². The van der Waals surface area contributed by atoms with Gasteiger partial charge in [0, 0.05) is 32.2 Å². The van der Waals surface area contributed by atoms with Crippen molar-refractivity contribution in [3.63, 3.8) is 0 Å². The quantitative estimate of drug-likeness (QED) is 0.875. The van der Waals surface area contributed by atoms with Gasteiger partial charge >= 0.3 is 6.03 Å². The molecule has 2 aromatic carbocycles. The van der Waals surface area contributed by atoms with E-state index in [-0.39, 0.29) is 12.1 Å². The van der Waals surface area contributed by atoms with E-state index in [2.05, 4.69) is 5.32 Å². The SMILES string of the molecule is CC(C)Oc1ccccc1NC(=O)N1CCN(c2ccc(F)cc2F)CC1. The van der Waals surface area contributed by atoms with E-state index in [1.54, 1.807) is 11.0 Å². The smallest absolute Gasteiger partial charge is 0.322 e. The highest BCUT2D eigenvalue weighted by Crippen LogP contribution is 2.26. The molecule has 1 saturated heterocycles. The molecule has 27 heavy (non-hydrogen) atoms. The molecule has 0 spiro atoms. The van der Waals surface area contributed by atoms with Crippen molar-refractivity contribution in [1.82, 2.24) is 4.90 Å². The minimum Gasteiger partial charge on any atom is -0.489 e. The second-order valence-electron chi connectivity index (χ2n) is 6.66. The number of anilines is 2. The Labute approximate surface area is 157 Å². The second kappa shape index (κ2) is 8.24. The molecule has 3 rings (SSSR count). The molecule has 0 aromatic heterocycles. The molecule has 1 aliphatic heterocycles. The van der Waals surface area contributed by atoms with Crippen molar-refractivity contribution in [1.29, 1.82) is 0 Å². The molecule has 0 radical (unpaired) electrons. The van der Waals surface area contributed by atoms with Crippen LogP contribution in [0.2, 0.25) is 0 Å². The molecule has 5 nitrogen and oxygen atoms in total. The number of nitrogens with one attached hydrogen (secondary N) is 1. The Balaban J connectivity index is 1.61. The third kappa shape index (κ3) is 4.67. The first kappa shape index (κ1) is 18.9. The fourth-order valence-electron chi connectivity index (χ4n) is 3.01. The van der Waals surface area contributed by atoms with E-state index in [9.17, 15) is 13.6 Å². The number of amides is 2. The molecule has 0 saturated carbocycles. The third-order valence-electron chi connectivity index (χ3n) is 4.31. The van der Waals surface area contributed by atoms with E-state index in [4.69, 9.17) is 4.74 Å². The molecule has 1 heterocycles. The maximum absolute atomic E-state index is 13.9. The Morgan fingerprint density at radius 3 is 2.44 bits per heavy atom. The maximum atomic E-state index is 13.9. The summed E-state index contributed by atoms with van der Waals surface area (Å²) >= 11 is 0. The monoisotopic (exact) mass is 375 g/mol. The van der Waals surface area contributed by atoms with Crippen molar-refractivity contribution in [2.24, 2.45) is 0 Å². The minimum atomic E-state index is -0.600. The van der Waals surface area contributed by atoms with Gasteiger partial charge in [0.25, 0.3) is 0 Å². The van der Waals surface area contributed by atoms with Gasteiger partial charge in [0.1, 0.15) is 17.4 Å². The summed E-state index contributed by atoms with van der Waals surface area (Å²) in [5.74, 6) is -0.572. The van der Waals surface area contributed by atoms with Crippen LogP contribution < -0.4 is 15.0 Å². The summed E-state index contributed by atoms with van der Waals surface area (Å²) in [5, 5.41) is 2.88. The number of halogens is 2. The lowest BCUT2D eigenvalue weighted by molar-refractivity contribution is 0.207. The van der Waals surface area contributed by atoms with Crippen LogP contribution >= 0.6 is 0 Å². The van der Waals surface area contributed by atoms with Gasteiger partial charge in [-0.15, -0.1) is 0 Å². The van der Waals surface area contributed by atoms with Gasteiger partial charge in [-0.3, -0.25) is 0 Å². The van der Waals surface area contributed by atoms with E-state index in [1.165, 1.54) is 12.1 Å². The molecule has 0 atom stereocenters. The van der Waals surface area contributed by atoms with Gasteiger partial charge in [0.05, 0.1) is 17.5 Å². The zero-order chi connectivity index (χ0) is 19.4. The third-order valence-corrected chi connectivity index (χ3v) is 4.31. The highest BCUT2D eigenvalue weighted by molar-refractivity contribution is 5.91. The molecular formula is C20H23F2N3O2. The molecule has 2 aromatic rings. The predicted molar refractivity (Wildman–Crippen MR) is 101 cm³/mol. The van der Waals surface area contributed by atoms with Crippen LogP contribution in [0.5, 0.6) is 5.75 Å². The normalized spacial score (nSPS) is 14.4. The van der Waals surface area contributed by atoms with E-state index in [0.717, 1.165) is 6.07 Å². The Bertz CT molecular complexity index is 806. The van der Waals surface area contributed by atoms with Gasteiger partial charge in [0.2, 0.25) is 0 Å². The number of rotatable bonds is 4. The predicted octanol–water partition coefficient (Wildman–Crippen LogP) is 4.11. The summed E-state index contributed by atoms with van der Waals surface area (Å²) in [7, 11) is 0. The summed E-state index contributed by atoms with van der Waals surface area (Å²) in [5.41, 5.74) is 0.968. The fraction of sp³-hybridized carbons (Fsp3) is 0.350. The molecule has 2 amide bonds. The van der Waals surface area contributed by atoms with Crippen LogP contribution in [0.3, 0.4) is 0 Å². The number of benzene rings is 2. The highest BCUT2D eigenvalue weighted by atomic mass is 19.1. The lowest BCUT2D eigenvalue weighted by Crippen LogP contribution is -2.50. The molecule has 1 fully saturated rings. The van der Waals surface area contributed by atoms with Gasteiger partial charge in [-0.2, -0.15) is 0 Å². The molecule has 1 aliphatic rings. The van der Waals surface area contributed by atoms with Crippen molar-refractivity contribution in [2.45, 2.75) is 20.0 Å². The van der Waals surface area contributed by atoms with E-state index in [1.807, 2.05) is 36.9 Å². The first-order chi connectivity index (χ1) is 12.9. The van der Waals surface area contributed by atoms with Crippen LogP contribution in [-0.4, -0.2) is 43.2 Å². The summed E-state index contributed by atoms with van der Waals surface area (Å²) in [6, 6.07) is 10.6. The lowest BCUT2D eigenvalue weighted by Gasteiger charge is -2.36. The molecule has 7 heteroatoms. The largest absolute Gasteiger partial charge is 0.489 e. The average molecular weight is 375 g/mol. The topological polar surface area (TPSA) is 44.8 Å². The number of urea groups is 1. The van der Waals surface area contributed by atoms with Crippen LogP contribution in [0.15, 0.2) is 42.5 Å². The summed E-state index contributed by atoms with van der Waals surface area (Å²) in [6.45, 7) is 5.67. The van der Waals surface area contributed by atoms with Gasteiger partial charge in [-0.25, -0.2) is 13.6 Å². The van der Waals surface area contributed by atoms with Crippen molar-refractivity contribution < 1.29 is 18.3 Å². The van der Waals surface area contributed by atoms with Crippen molar-refractivity contribution >= 4 is 17.4 Å². The summed E-state index contributed by atoms with van der Waals surface area (Å²) in [6.07, 6.45) is -0.00259. The van der Waals surface area contributed by atoms with Crippen molar-refractivity contribution in [3.8, 4) is 5.75 Å². The van der Waals surface area contributed by atoms with Gasteiger partial charge in [0.15, 0.2) is 0 Å². The maximum Gasteiger partial charge on any atom is 0.322 e. The number of carbonyl (C=O) groups excluding carboxylic acids is 1. The van der Waals surface area contributed by atoms with Crippen LogP contribution in [0, 0.1) is 11.6 Å². The summed E-state index contributed by atoms with van der Waals surface area (Å²) < 4.78 is 32.7. The average Bonchev–Trinajstić information content (AvgIpc) is 2.63. The number of hydrogen-bond donors (Lipinski definition) is 1. The minimum absolute atomic E-state index is 0.00259. The number of ether oxygens (including phenoxy) is 1. The number of nitrogens with zero attached hydrogens (tertiary/aromatic N) is 2. The number of piperazine rings is 1. The van der Waals surface area contributed by atoms with Crippen LogP contribution in [0.4, 0.5) is 25.0 Å². The van der Waals surface area contributed by atoms with E-state index in [0.29, 0.717) is 43.3 Å². The number of para-hydroxylation sites is 2. The molecular weight excluding hydrogens is 352 g/mol. The van der Waals surface area contributed by atoms with Crippen LogP contribution in [-0.2, 0) is 0 Å². The number of carbonyl (C=O) groups is 1. The molecule has 0 aliphatic carbocycles. The standard InChI is InChI=1S/C20H23F2N3O2/c1-14(2)27-19-6-4-3-5-17(19)23-20(26)25-11-9-24(10-12-25)18-8-7-15(21)13-16(18)22/h3-8,13-14H,9-12H2,1-2H3,(H,23,26). The van der Waals surface area contributed by atoms with Crippen molar-refractivity contribution in [3.05, 3.63) is 54.1 Å². The number of hydrogen-bond acceptors (Lipinski definition) is 3. The zero-order valence-electron chi connectivity index (χ0n) is 15.4. The Morgan fingerprint density at radius 1 is 1.07 bits per heavy atom. The second-order valence-corrected chi connectivity index (χ2v) is 6.66. The molecule has 144 valence electrons. The Morgan fingerprint density at radius 2 is 1.78 bits per heavy atom. The zero-order valence-corrected chi connectivity index (χ0v) is 15.4. The van der Waals surface area contributed by atoms with E-state index < -0.39 is 11.6 Å². The highest BCUT2D eigenvalue weighted by Gasteiger charge is 2.23. The van der Waals surface area contributed by atoms with Gasteiger partial charge < -0.3 is 19.9 Å². The van der Waals surface area contributed by atoms with Crippen molar-refractivity contribution in [2.75, 3.05) is 36.4 Å². The summed E-state index contributed by atoms with van der Waals surface area (Å²) in [4.78, 5) is 16.1. The fourth-order valence-corrected chi connectivity index (χ4v) is 3.01. The Hall–Kier alpha value is -2.83. The van der Waals surface area contributed by atoms with Gasteiger partial charge in [-0.05, 0) is 38.1 Å². The van der Waals surface area contributed by atoms with E-state index >= 15 is 0 Å². The first-order valence-corrected chi connectivity index (χ1v) is 8.95. The molecule has 1 N–H and O–H groups in total. The molecule has 0 bridgehead atoms. The molecule has 0 unspecified atom stereocenters. The van der Waals surface area contributed by atoms with Gasteiger partial charge in [-0.1, -0.05) is 12.1 Å². The van der Waals surface area contributed by atoms with Crippen LogP contribution in [0.1, 0.15) is 13.8 Å².